The quantitative estimate of drug-likeness (QED) is 0.164. The van der Waals surface area contributed by atoms with Crippen LogP contribution in [0.25, 0.3) is 0 Å². The van der Waals surface area contributed by atoms with Gasteiger partial charge in [-0.15, -0.1) is 6.58 Å². The van der Waals surface area contributed by atoms with Gasteiger partial charge in [-0.3, -0.25) is 9.69 Å². The lowest BCUT2D eigenvalue weighted by Crippen LogP contribution is -2.58. The molecule has 4 aromatic carbocycles. The van der Waals surface area contributed by atoms with E-state index in [4.69, 9.17) is 0 Å². The fourth-order valence-corrected chi connectivity index (χ4v) is 6.85. The van der Waals surface area contributed by atoms with E-state index in [1.165, 1.54) is 0 Å². The van der Waals surface area contributed by atoms with Gasteiger partial charge in [-0.25, -0.2) is 8.93 Å². The Morgan fingerprint density at radius 1 is 0.850 bits per heavy atom. The highest BCUT2D eigenvalue weighted by Crippen LogP contribution is 2.53. The lowest BCUT2D eigenvalue weighted by Gasteiger charge is -2.45. The smallest absolute Gasteiger partial charge is 0.254 e. The molecule has 1 amide bonds. The molecule has 0 unspecified atom stereocenters. The molecule has 4 aromatic rings. The Kier molecular flexibility index (Phi) is 7.71. The molecule has 204 valence electrons. The molecule has 0 aliphatic carbocycles. The van der Waals surface area contributed by atoms with Crippen molar-refractivity contribution in [2.75, 3.05) is 4.90 Å². The van der Waals surface area contributed by atoms with Gasteiger partial charge in [-0.1, -0.05) is 113 Å². The molecule has 1 aliphatic heterocycles. The third-order valence-corrected chi connectivity index (χ3v) is 9.55. The summed E-state index contributed by atoms with van der Waals surface area (Å²) in [5.41, 5.74) is 2.05. The maximum Gasteiger partial charge on any atom is 0.254 e. The van der Waals surface area contributed by atoms with E-state index in [0.717, 1.165) is 32.4 Å². The van der Waals surface area contributed by atoms with Crippen LogP contribution in [0.3, 0.4) is 0 Å². The molecule has 1 heterocycles. The number of benzene rings is 4. The molecule has 0 fully saturated rings. The monoisotopic (exact) mass is 612 g/mol. The fraction of sp³-hybridized carbons (Fsp3) is 0.206. The molecule has 4 nitrogen and oxygen atoms in total. The molecule has 2 atom stereocenters. The van der Waals surface area contributed by atoms with Gasteiger partial charge in [0.05, 0.1) is 21.4 Å². The maximum absolute atomic E-state index is 15.3. The second kappa shape index (κ2) is 10.9. The Labute approximate surface area is 247 Å². The Morgan fingerprint density at radius 3 is 1.75 bits per heavy atom. The summed E-state index contributed by atoms with van der Waals surface area (Å²) in [6.45, 7) is 9.71. The van der Waals surface area contributed by atoms with Crippen molar-refractivity contribution < 1.29 is 9.00 Å². The second-order valence-corrected chi connectivity index (χ2v) is 13.9. The summed E-state index contributed by atoms with van der Waals surface area (Å²) in [6, 6.07) is 36.3. The van der Waals surface area contributed by atoms with Crippen LogP contribution in [0.5, 0.6) is 0 Å². The van der Waals surface area contributed by atoms with E-state index in [0.29, 0.717) is 0 Å². The lowest BCUT2D eigenvalue weighted by molar-refractivity contribution is -0.124. The summed E-state index contributed by atoms with van der Waals surface area (Å²) < 4.78 is 17.2. The SMILES string of the molecule is C=CC[C@@]1(N[S@](=O)C(C)(C)C)C(=O)N(C(c2ccccc2)(c2ccccc2)c2ccccc2)c2ccc(Br)cc21. The highest BCUT2D eigenvalue weighted by atomic mass is 79.9. The highest BCUT2D eigenvalue weighted by molar-refractivity contribution is 9.10. The average molecular weight is 614 g/mol. The van der Waals surface area contributed by atoms with Crippen molar-refractivity contribution in [2.45, 2.75) is 43.0 Å². The van der Waals surface area contributed by atoms with Gasteiger partial charge in [0.15, 0.2) is 0 Å². The Bertz CT molecular complexity index is 1450. The number of fused-ring (bicyclic) bond motifs is 1. The van der Waals surface area contributed by atoms with E-state index in [1.807, 2.05) is 98.5 Å². The minimum Gasteiger partial charge on any atom is -0.292 e. The predicted molar refractivity (Wildman–Crippen MR) is 168 cm³/mol. The van der Waals surface area contributed by atoms with E-state index in [-0.39, 0.29) is 12.3 Å². The molecule has 1 aliphatic rings. The first-order valence-corrected chi connectivity index (χ1v) is 15.2. The van der Waals surface area contributed by atoms with E-state index in [9.17, 15) is 4.21 Å². The normalized spacial score (nSPS) is 17.9. The molecule has 40 heavy (non-hydrogen) atoms. The number of carbonyl (C=O) groups excluding carboxylic acids is 1. The minimum atomic E-state index is -1.54. The van der Waals surface area contributed by atoms with Crippen molar-refractivity contribution in [1.82, 2.24) is 4.72 Å². The van der Waals surface area contributed by atoms with Gasteiger partial charge in [0.2, 0.25) is 0 Å². The fourth-order valence-electron chi connectivity index (χ4n) is 5.58. The summed E-state index contributed by atoms with van der Waals surface area (Å²) in [5.74, 6) is -0.186. The number of amides is 1. The molecule has 0 spiro atoms. The molecule has 0 aromatic heterocycles. The first-order valence-electron chi connectivity index (χ1n) is 13.3. The van der Waals surface area contributed by atoms with Crippen molar-refractivity contribution in [3.8, 4) is 0 Å². The summed E-state index contributed by atoms with van der Waals surface area (Å²) in [6.07, 6.45) is 2.00. The minimum absolute atomic E-state index is 0.186. The number of hydrogen-bond acceptors (Lipinski definition) is 2. The van der Waals surface area contributed by atoms with E-state index >= 15 is 4.79 Å². The number of hydrogen-bond donors (Lipinski definition) is 1. The molecular formula is C34H33BrN2O2S. The van der Waals surface area contributed by atoms with Gasteiger partial charge in [0, 0.05) is 10.0 Å². The van der Waals surface area contributed by atoms with Crippen molar-refractivity contribution in [3.05, 3.63) is 149 Å². The van der Waals surface area contributed by atoms with Gasteiger partial charge in [-0.2, -0.15) is 0 Å². The van der Waals surface area contributed by atoms with Gasteiger partial charge in [-0.05, 0) is 62.1 Å². The molecule has 0 bridgehead atoms. The molecule has 1 N–H and O–H groups in total. The van der Waals surface area contributed by atoms with Crippen LogP contribution in [-0.4, -0.2) is 14.9 Å². The third-order valence-electron chi connectivity index (χ3n) is 7.41. The number of anilines is 1. The predicted octanol–water partition coefficient (Wildman–Crippen LogP) is 7.61. The summed E-state index contributed by atoms with van der Waals surface area (Å²) in [5, 5.41) is 0. The van der Waals surface area contributed by atoms with Crippen molar-refractivity contribution >= 4 is 38.5 Å². The zero-order chi connectivity index (χ0) is 28.5. The second-order valence-electron chi connectivity index (χ2n) is 11.0. The Balaban J connectivity index is 1.91. The number of carbonyl (C=O) groups is 1. The van der Waals surface area contributed by atoms with Crippen LogP contribution >= 0.6 is 15.9 Å². The van der Waals surface area contributed by atoms with Gasteiger partial charge < -0.3 is 0 Å². The van der Waals surface area contributed by atoms with Crippen LogP contribution in [0.2, 0.25) is 0 Å². The lowest BCUT2D eigenvalue weighted by atomic mass is 9.75. The van der Waals surface area contributed by atoms with Crippen molar-refractivity contribution in [2.24, 2.45) is 0 Å². The van der Waals surface area contributed by atoms with Crippen LogP contribution < -0.4 is 9.62 Å². The van der Waals surface area contributed by atoms with E-state index in [1.54, 1.807) is 6.08 Å². The van der Waals surface area contributed by atoms with Gasteiger partial charge >= 0.3 is 0 Å². The van der Waals surface area contributed by atoms with Crippen molar-refractivity contribution in [3.63, 3.8) is 0 Å². The number of nitrogens with zero attached hydrogens (tertiary/aromatic N) is 1. The molecular weight excluding hydrogens is 580 g/mol. The summed E-state index contributed by atoms with van der Waals surface area (Å²) >= 11 is 3.64. The third kappa shape index (κ3) is 4.58. The largest absolute Gasteiger partial charge is 0.292 e. The van der Waals surface area contributed by atoms with Gasteiger partial charge in [0.1, 0.15) is 11.1 Å². The first-order chi connectivity index (χ1) is 19.2. The summed E-state index contributed by atoms with van der Waals surface area (Å²) in [4.78, 5) is 17.2. The molecule has 0 saturated heterocycles. The Morgan fingerprint density at radius 2 is 1.32 bits per heavy atom. The standard InChI is InChI=1S/C34H33BrN2O2S/c1-5-23-33(36-40(39)32(2,3)4)29-24-28(35)21-22-30(29)37(31(33)38)34(25-15-9-6-10-16-25,26-17-11-7-12-18-26)27-19-13-8-14-20-27/h5-22,24,36H,1,23H2,2-4H3/t33-,40+/m0/s1. The maximum atomic E-state index is 15.3. The summed E-state index contributed by atoms with van der Waals surface area (Å²) in [7, 11) is -1.54. The highest BCUT2D eigenvalue weighted by Gasteiger charge is 2.59. The molecule has 0 saturated carbocycles. The Hall–Kier alpha value is -3.32. The van der Waals surface area contributed by atoms with Crippen LogP contribution in [0.4, 0.5) is 5.69 Å². The molecule has 6 heteroatoms. The van der Waals surface area contributed by atoms with E-state index in [2.05, 4.69) is 63.6 Å². The number of rotatable bonds is 8. The number of nitrogens with one attached hydrogen (secondary N) is 1. The van der Waals surface area contributed by atoms with Crippen LogP contribution in [0, 0.1) is 0 Å². The number of halogens is 1. The topological polar surface area (TPSA) is 49.4 Å². The zero-order valence-corrected chi connectivity index (χ0v) is 25.3. The van der Waals surface area contributed by atoms with E-state index < -0.39 is 26.8 Å². The zero-order valence-electron chi connectivity index (χ0n) is 22.9. The van der Waals surface area contributed by atoms with Crippen LogP contribution in [0.15, 0.2) is 126 Å². The first kappa shape index (κ1) is 28.2. The van der Waals surface area contributed by atoms with Gasteiger partial charge in [0.25, 0.3) is 5.91 Å². The average Bonchev–Trinajstić information content (AvgIpc) is 3.18. The molecule has 0 radical (unpaired) electrons. The van der Waals surface area contributed by atoms with Crippen LogP contribution in [0.1, 0.15) is 49.4 Å². The van der Waals surface area contributed by atoms with Crippen LogP contribution in [-0.2, 0) is 26.9 Å². The van der Waals surface area contributed by atoms with Crippen molar-refractivity contribution in [1.29, 1.82) is 0 Å². The molecule has 5 rings (SSSR count).